The molecule has 2 N–H and O–H groups in total. The zero-order valence-electron chi connectivity index (χ0n) is 14.4. The first kappa shape index (κ1) is 16.8. The van der Waals surface area contributed by atoms with Crippen LogP contribution in [0.2, 0.25) is 0 Å². The molecule has 0 atom stereocenters. The molecule has 0 fully saturated rings. The highest BCUT2D eigenvalue weighted by Gasteiger charge is 2.09. The summed E-state index contributed by atoms with van der Waals surface area (Å²) in [5, 5.41) is 6.35. The molecule has 0 radical (unpaired) electrons. The van der Waals surface area contributed by atoms with E-state index in [0.29, 0.717) is 23.0 Å². The van der Waals surface area contributed by atoms with Crippen LogP contribution in [-0.2, 0) is 0 Å². The van der Waals surface area contributed by atoms with Gasteiger partial charge in [-0.05, 0) is 50.6 Å². The van der Waals surface area contributed by atoms with E-state index >= 15 is 0 Å². The number of anilines is 3. The average Bonchev–Trinajstić information content (AvgIpc) is 2.58. The van der Waals surface area contributed by atoms with Crippen LogP contribution >= 0.6 is 0 Å². The number of aryl methyl sites for hydroxylation is 1. The van der Waals surface area contributed by atoms with E-state index in [1.54, 1.807) is 25.4 Å². The first-order valence-electron chi connectivity index (χ1n) is 8.10. The standard InChI is InChI=1S/C19H20FN5/c1-12(2)22-19-24-17(14-5-4-8-21-11-14)10-18(25-19)23-15-7-6-13(3)16(20)9-15/h4-12H,1-3H3,(H2,22,23,24,25). The Labute approximate surface area is 146 Å². The zero-order chi connectivity index (χ0) is 17.8. The molecule has 0 unspecified atom stereocenters. The van der Waals surface area contributed by atoms with Gasteiger partial charge in [-0.15, -0.1) is 0 Å². The Morgan fingerprint density at radius 2 is 1.92 bits per heavy atom. The quantitative estimate of drug-likeness (QED) is 0.715. The van der Waals surface area contributed by atoms with E-state index in [0.717, 1.165) is 11.3 Å². The van der Waals surface area contributed by atoms with Crippen LogP contribution in [0, 0.1) is 12.7 Å². The lowest BCUT2D eigenvalue weighted by Crippen LogP contribution is -2.13. The van der Waals surface area contributed by atoms with Gasteiger partial charge in [-0.2, -0.15) is 4.98 Å². The first-order chi connectivity index (χ1) is 12.0. The normalized spacial score (nSPS) is 10.8. The molecule has 0 aliphatic rings. The van der Waals surface area contributed by atoms with Crippen LogP contribution < -0.4 is 10.6 Å². The predicted molar refractivity (Wildman–Crippen MR) is 98.4 cm³/mol. The number of halogens is 1. The highest BCUT2D eigenvalue weighted by molar-refractivity contribution is 5.67. The van der Waals surface area contributed by atoms with Gasteiger partial charge in [-0.25, -0.2) is 9.37 Å². The summed E-state index contributed by atoms with van der Waals surface area (Å²) >= 11 is 0. The summed E-state index contributed by atoms with van der Waals surface area (Å²) < 4.78 is 13.8. The molecular formula is C19H20FN5. The topological polar surface area (TPSA) is 62.7 Å². The van der Waals surface area contributed by atoms with Crippen LogP contribution in [0.3, 0.4) is 0 Å². The van der Waals surface area contributed by atoms with E-state index in [4.69, 9.17) is 0 Å². The Balaban J connectivity index is 1.98. The Morgan fingerprint density at radius 3 is 2.60 bits per heavy atom. The number of pyridine rings is 1. The van der Waals surface area contributed by atoms with Crippen molar-refractivity contribution in [2.75, 3.05) is 10.6 Å². The second-order valence-electron chi connectivity index (χ2n) is 6.09. The molecular weight excluding hydrogens is 317 g/mol. The van der Waals surface area contributed by atoms with E-state index in [1.807, 2.05) is 38.1 Å². The molecule has 0 amide bonds. The summed E-state index contributed by atoms with van der Waals surface area (Å²) in [6.07, 6.45) is 3.46. The Kier molecular flexibility index (Phi) is 4.88. The second kappa shape index (κ2) is 7.25. The summed E-state index contributed by atoms with van der Waals surface area (Å²) in [6, 6.07) is 10.8. The van der Waals surface area contributed by atoms with Crippen molar-refractivity contribution in [3.63, 3.8) is 0 Å². The molecule has 0 saturated carbocycles. The van der Waals surface area contributed by atoms with Gasteiger partial charge in [0, 0.05) is 35.8 Å². The molecule has 6 heteroatoms. The van der Waals surface area contributed by atoms with Gasteiger partial charge in [0.05, 0.1) is 5.69 Å². The van der Waals surface area contributed by atoms with Gasteiger partial charge in [0.1, 0.15) is 11.6 Å². The van der Waals surface area contributed by atoms with Crippen LogP contribution in [0.1, 0.15) is 19.4 Å². The van der Waals surface area contributed by atoms with Crippen molar-refractivity contribution >= 4 is 17.5 Å². The van der Waals surface area contributed by atoms with Crippen molar-refractivity contribution in [1.82, 2.24) is 15.0 Å². The van der Waals surface area contributed by atoms with Crippen molar-refractivity contribution in [3.8, 4) is 11.3 Å². The van der Waals surface area contributed by atoms with E-state index in [9.17, 15) is 4.39 Å². The van der Waals surface area contributed by atoms with Crippen molar-refractivity contribution in [3.05, 3.63) is 60.2 Å². The molecule has 2 aromatic heterocycles. The molecule has 2 heterocycles. The minimum Gasteiger partial charge on any atom is -0.352 e. The predicted octanol–water partition coefficient (Wildman–Crippen LogP) is 4.55. The number of nitrogens with zero attached hydrogens (tertiary/aromatic N) is 3. The van der Waals surface area contributed by atoms with Crippen LogP contribution in [0.25, 0.3) is 11.3 Å². The Morgan fingerprint density at radius 1 is 1.08 bits per heavy atom. The fourth-order valence-electron chi connectivity index (χ4n) is 2.31. The molecule has 0 spiro atoms. The smallest absolute Gasteiger partial charge is 0.225 e. The van der Waals surface area contributed by atoms with Crippen molar-refractivity contribution < 1.29 is 4.39 Å². The van der Waals surface area contributed by atoms with Gasteiger partial charge >= 0.3 is 0 Å². The molecule has 5 nitrogen and oxygen atoms in total. The van der Waals surface area contributed by atoms with Gasteiger partial charge in [0.25, 0.3) is 0 Å². The molecule has 0 bridgehead atoms. The molecule has 25 heavy (non-hydrogen) atoms. The monoisotopic (exact) mass is 337 g/mol. The van der Waals surface area contributed by atoms with Crippen molar-refractivity contribution in [2.24, 2.45) is 0 Å². The maximum atomic E-state index is 13.8. The number of nitrogens with one attached hydrogen (secondary N) is 2. The highest BCUT2D eigenvalue weighted by atomic mass is 19.1. The maximum absolute atomic E-state index is 13.8. The summed E-state index contributed by atoms with van der Waals surface area (Å²) in [6.45, 7) is 5.76. The zero-order valence-corrected chi connectivity index (χ0v) is 14.4. The summed E-state index contributed by atoms with van der Waals surface area (Å²) in [7, 11) is 0. The minimum absolute atomic E-state index is 0.189. The molecule has 1 aromatic carbocycles. The number of hydrogen-bond acceptors (Lipinski definition) is 5. The summed E-state index contributed by atoms with van der Waals surface area (Å²) in [5.74, 6) is 0.832. The molecule has 0 saturated heterocycles. The van der Waals surface area contributed by atoms with Crippen LogP contribution in [-0.4, -0.2) is 21.0 Å². The molecule has 3 rings (SSSR count). The van der Waals surface area contributed by atoms with Gasteiger partial charge in [-0.1, -0.05) is 6.07 Å². The largest absolute Gasteiger partial charge is 0.352 e. The van der Waals surface area contributed by atoms with Crippen molar-refractivity contribution in [1.29, 1.82) is 0 Å². The van der Waals surface area contributed by atoms with Gasteiger partial charge in [0.2, 0.25) is 5.95 Å². The Bertz CT molecular complexity index is 865. The van der Waals surface area contributed by atoms with Gasteiger partial charge in [-0.3, -0.25) is 4.98 Å². The van der Waals surface area contributed by atoms with Crippen LogP contribution in [0.5, 0.6) is 0 Å². The number of hydrogen-bond donors (Lipinski definition) is 2. The maximum Gasteiger partial charge on any atom is 0.225 e. The molecule has 128 valence electrons. The fourth-order valence-corrected chi connectivity index (χ4v) is 2.31. The van der Waals surface area contributed by atoms with E-state index in [2.05, 4.69) is 25.6 Å². The fraction of sp³-hybridized carbons (Fsp3) is 0.211. The Hall–Kier alpha value is -3.02. The summed E-state index contributed by atoms with van der Waals surface area (Å²) in [5.41, 5.74) is 2.86. The first-order valence-corrected chi connectivity index (χ1v) is 8.10. The second-order valence-corrected chi connectivity index (χ2v) is 6.09. The lowest BCUT2D eigenvalue weighted by molar-refractivity contribution is 0.619. The van der Waals surface area contributed by atoms with E-state index in [1.165, 1.54) is 6.07 Å². The highest BCUT2D eigenvalue weighted by Crippen LogP contribution is 2.24. The molecule has 0 aliphatic heterocycles. The molecule has 0 aliphatic carbocycles. The van der Waals surface area contributed by atoms with Gasteiger partial charge < -0.3 is 10.6 Å². The minimum atomic E-state index is -0.257. The third-order valence-corrected chi connectivity index (χ3v) is 3.55. The third kappa shape index (κ3) is 4.29. The number of benzene rings is 1. The third-order valence-electron chi connectivity index (χ3n) is 3.55. The van der Waals surface area contributed by atoms with Gasteiger partial charge in [0.15, 0.2) is 0 Å². The lowest BCUT2D eigenvalue weighted by Gasteiger charge is -2.13. The van der Waals surface area contributed by atoms with E-state index < -0.39 is 0 Å². The SMILES string of the molecule is Cc1ccc(Nc2cc(-c3cccnc3)nc(NC(C)C)n2)cc1F. The summed E-state index contributed by atoms with van der Waals surface area (Å²) in [4.78, 5) is 13.1. The van der Waals surface area contributed by atoms with Crippen molar-refractivity contribution in [2.45, 2.75) is 26.8 Å². The lowest BCUT2D eigenvalue weighted by atomic mass is 10.2. The van der Waals surface area contributed by atoms with Crippen LogP contribution in [0.15, 0.2) is 48.8 Å². The van der Waals surface area contributed by atoms with E-state index in [-0.39, 0.29) is 11.9 Å². The van der Waals surface area contributed by atoms with Crippen LogP contribution in [0.4, 0.5) is 21.8 Å². The molecule has 3 aromatic rings. The number of rotatable bonds is 5. The average molecular weight is 337 g/mol. The number of aromatic nitrogens is 3.